The van der Waals surface area contributed by atoms with Gasteiger partial charge in [-0.25, -0.2) is 0 Å². The van der Waals surface area contributed by atoms with E-state index in [-0.39, 0.29) is 23.3 Å². The Bertz CT molecular complexity index is 383. The largest absolute Gasteiger partial charge is 0.377 e. The maximum atomic E-state index is 12.7. The summed E-state index contributed by atoms with van der Waals surface area (Å²) in [6, 6.07) is 0. The van der Waals surface area contributed by atoms with E-state index in [1.54, 1.807) is 0 Å². The molecule has 1 saturated carbocycles. The highest BCUT2D eigenvalue weighted by molar-refractivity contribution is 5.89. The summed E-state index contributed by atoms with van der Waals surface area (Å²) in [5.74, 6) is 0.772. The van der Waals surface area contributed by atoms with E-state index < -0.39 is 5.54 Å². The first-order valence-corrected chi connectivity index (χ1v) is 8.58. The lowest BCUT2D eigenvalue weighted by Crippen LogP contribution is -2.80. The summed E-state index contributed by atoms with van der Waals surface area (Å²) < 4.78 is 5.75. The molecule has 4 heteroatoms. The van der Waals surface area contributed by atoms with Crippen LogP contribution in [0, 0.1) is 17.3 Å². The average molecular weight is 296 g/mol. The highest BCUT2D eigenvalue weighted by atomic mass is 16.5. The first-order chi connectivity index (χ1) is 9.89. The van der Waals surface area contributed by atoms with Gasteiger partial charge < -0.3 is 15.8 Å². The molecule has 2 rings (SSSR count). The van der Waals surface area contributed by atoms with Crippen LogP contribution in [-0.4, -0.2) is 30.7 Å². The van der Waals surface area contributed by atoms with Gasteiger partial charge in [0.15, 0.2) is 0 Å². The van der Waals surface area contributed by atoms with Crippen molar-refractivity contribution in [3.05, 3.63) is 0 Å². The highest BCUT2D eigenvalue weighted by Crippen LogP contribution is 2.58. The number of amides is 1. The zero-order valence-corrected chi connectivity index (χ0v) is 14.1. The van der Waals surface area contributed by atoms with Crippen LogP contribution in [0.4, 0.5) is 0 Å². The van der Waals surface area contributed by atoms with Gasteiger partial charge in [-0.3, -0.25) is 4.79 Å². The van der Waals surface area contributed by atoms with Crippen molar-refractivity contribution in [1.29, 1.82) is 0 Å². The fraction of sp³-hybridized carbons (Fsp3) is 0.941. The lowest BCUT2D eigenvalue weighted by molar-refractivity contribution is -0.175. The molecule has 1 saturated heterocycles. The Kier molecular flexibility index (Phi) is 4.99. The molecular formula is C17H32N2O2. The van der Waals surface area contributed by atoms with Crippen LogP contribution >= 0.6 is 0 Å². The molecule has 21 heavy (non-hydrogen) atoms. The van der Waals surface area contributed by atoms with Crippen LogP contribution < -0.4 is 11.1 Å². The Morgan fingerprint density at radius 3 is 2.76 bits per heavy atom. The van der Waals surface area contributed by atoms with Gasteiger partial charge >= 0.3 is 0 Å². The number of nitrogens with one attached hydrogen (secondary N) is 1. The molecule has 0 aromatic rings. The number of ether oxygens (including phenoxy) is 1. The van der Waals surface area contributed by atoms with Gasteiger partial charge in [0.1, 0.15) is 5.54 Å². The molecule has 122 valence electrons. The van der Waals surface area contributed by atoms with Crippen LogP contribution in [0.3, 0.4) is 0 Å². The van der Waals surface area contributed by atoms with Crippen molar-refractivity contribution >= 4 is 5.91 Å². The topological polar surface area (TPSA) is 64.4 Å². The number of carbonyl (C=O) groups excluding carboxylic acids is 1. The van der Waals surface area contributed by atoms with Gasteiger partial charge in [0.2, 0.25) is 5.91 Å². The number of hydrogen-bond donors (Lipinski definition) is 2. The third kappa shape index (κ3) is 2.61. The first-order valence-electron chi connectivity index (χ1n) is 8.58. The fourth-order valence-electron chi connectivity index (χ4n) is 4.17. The zero-order chi connectivity index (χ0) is 15.7. The van der Waals surface area contributed by atoms with E-state index in [0.717, 1.165) is 26.0 Å². The molecular weight excluding hydrogens is 264 g/mol. The van der Waals surface area contributed by atoms with Gasteiger partial charge in [-0.05, 0) is 18.8 Å². The Morgan fingerprint density at radius 2 is 2.14 bits per heavy atom. The number of rotatable bonds is 7. The summed E-state index contributed by atoms with van der Waals surface area (Å²) >= 11 is 0. The second kappa shape index (κ2) is 6.25. The number of nitrogens with two attached hydrogens (primary N) is 1. The molecule has 0 bridgehead atoms. The Labute approximate surface area is 129 Å². The monoisotopic (exact) mass is 296 g/mol. The van der Waals surface area contributed by atoms with E-state index in [9.17, 15) is 4.79 Å². The third-order valence-electron chi connectivity index (χ3n) is 5.92. The second-order valence-corrected chi connectivity index (χ2v) is 7.40. The van der Waals surface area contributed by atoms with E-state index in [0.29, 0.717) is 5.92 Å². The smallest absolute Gasteiger partial charge is 0.241 e. The predicted molar refractivity (Wildman–Crippen MR) is 84.9 cm³/mol. The van der Waals surface area contributed by atoms with Crippen LogP contribution in [0.1, 0.15) is 59.8 Å². The van der Waals surface area contributed by atoms with Crippen LogP contribution in [0.15, 0.2) is 0 Å². The minimum absolute atomic E-state index is 0.0224. The second-order valence-electron chi connectivity index (χ2n) is 7.40. The first kappa shape index (κ1) is 16.8. The van der Waals surface area contributed by atoms with Crippen LogP contribution in [0.2, 0.25) is 0 Å². The van der Waals surface area contributed by atoms with Gasteiger partial charge in [0.05, 0.1) is 6.10 Å². The molecule has 1 aliphatic carbocycles. The van der Waals surface area contributed by atoms with Gasteiger partial charge in [-0.2, -0.15) is 0 Å². The highest BCUT2D eigenvalue weighted by Gasteiger charge is 2.71. The van der Waals surface area contributed by atoms with E-state index in [2.05, 4.69) is 33.0 Å². The molecule has 2 aliphatic rings. The van der Waals surface area contributed by atoms with Gasteiger partial charge in [0, 0.05) is 24.5 Å². The summed E-state index contributed by atoms with van der Waals surface area (Å²) in [6.45, 7) is 10.0. The summed E-state index contributed by atoms with van der Waals surface area (Å²) in [5, 5.41) is 3.13. The third-order valence-corrected chi connectivity index (χ3v) is 5.92. The zero-order valence-electron chi connectivity index (χ0n) is 14.1. The molecule has 4 unspecified atom stereocenters. The maximum Gasteiger partial charge on any atom is 0.241 e. The van der Waals surface area contributed by atoms with Crippen molar-refractivity contribution in [3.8, 4) is 0 Å². The van der Waals surface area contributed by atoms with Crippen LogP contribution in [0.5, 0.6) is 0 Å². The Morgan fingerprint density at radius 1 is 1.43 bits per heavy atom. The summed E-state index contributed by atoms with van der Waals surface area (Å²) in [5.41, 5.74) is 5.50. The fourth-order valence-corrected chi connectivity index (χ4v) is 4.17. The van der Waals surface area contributed by atoms with Crippen molar-refractivity contribution < 1.29 is 9.53 Å². The van der Waals surface area contributed by atoms with Crippen molar-refractivity contribution in [2.75, 3.05) is 13.2 Å². The van der Waals surface area contributed by atoms with Gasteiger partial charge in [0.25, 0.3) is 0 Å². The molecule has 1 heterocycles. The van der Waals surface area contributed by atoms with Gasteiger partial charge in [-0.1, -0.05) is 47.0 Å². The molecule has 0 spiro atoms. The average Bonchev–Trinajstić information content (AvgIpc) is 2.94. The molecule has 0 aromatic heterocycles. The van der Waals surface area contributed by atoms with Crippen molar-refractivity contribution in [2.24, 2.45) is 23.0 Å². The number of hydrogen-bond acceptors (Lipinski definition) is 3. The normalized spacial score (nSPS) is 34.9. The van der Waals surface area contributed by atoms with Crippen molar-refractivity contribution in [3.63, 3.8) is 0 Å². The maximum absolute atomic E-state index is 12.7. The number of fused-ring (bicyclic) bond motifs is 1. The minimum Gasteiger partial charge on any atom is -0.377 e. The molecule has 2 fully saturated rings. The Hall–Kier alpha value is -0.610. The van der Waals surface area contributed by atoms with E-state index >= 15 is 0 Å². The molecule has 4 nitrogen and oxygen atoms in total. The van der Waals surface area contributed by atoms with Crippen LogP contribution in [0.25, 0.3) is 0 Å². The van der Waals surface area contributed by atoms with Crippen LogP contribution in [-0.2, 0) is 9.53 Å². The quantitative estimate of drug-likeness (QED) is 0.758. The predicted octanol–water partition coefficient (Wildman–Crippen LogP) is 2.46. The van der Waals surface area contributed by atoms with Crippen molar-refractivity contribution in [2.45, 2.75) is 71.4 Å². The van der Waals surface area contributed by atoms with E-state index in [4.69, 9.17) is 10.5 Å². The van der Waals surface area contributed by atoms with E-state index in [1.165, 1.54) is 19.3 Å². The lowest BCUT2D eigenvalue weighted by Gasteiger charge is -2.60. The summed E-state index contributed by atoms with van der Waals surface area (Å²) in [4.78, 5) is 12.7. The Balaban J connectivity index is 1.93. The SMILES string of the molecule is CCCCC(CC)CNC(=O)C1(N)C2CCOC2C1(C)C. The molecule has 1 aliphatic heterocycles. The number of carbonyl (C=O) groups is 1. The molecule has 0 radical (unpaired) electrons. The summed E-state index contributed by atoms with van der Waals surface area (Å²) in [6.07, 6.45) is 5.78. The van der Waals surface area contributed by atoms with Gasteiger partial charge in [-0.15, -0.1) is 0 Å². The molecule has 0 aromatic carbocycles. The minimum atomic E-state index is -0.767. The molecule has 1 amide bonds. The van der Waals surface area contributed by atoms with E-state index in [1.807, 2.05) is 0 Å². The van der Waals surface area contributed by atoms with Crippen molar-refractivity contribution in [1.82, 2.24) is 5.32 Å². The molecule has 3 N–H and O–H groups in total. The molecule has 4 atom stereocenters. The number of unbranched alkanes of at least 4 members (excludes halogenated alkanes) is 1. The standard InChI is InChI=1S/C17H32N2O2/c1-5-7-8-12(6-2)11-19-15(20)17(18)13-9-10-21-14(13)16(17,3)4/h12-14H,5-11,18H2,1-4H3,(H,19,20). The lowest BCUT2D eigenvalue weighted by atomic mass is 9.48. The summed E-state index contributed by atoms with van der Waals surface area (Å²) in [7, 11) is 0.